The molecule has 3 aromatic carbocycles. The van der Waals surface area contributed by atoms with Crippen LogP contribution in [-0.4, -0.2) is 44.8 Å². The molecule has 2 amide bonds. The Morgan fingerprint density at radius 2 is 1.56 bits per heavy atom. The van der Waals surface area contributed by atoms with Crippen LogP contribution < -0.4 is 9.62 Å². The van der Waals surface area contributed by atoms with Gasteiger partial charge in [0.05, 0.1) is 10.6 Å². The number of hydrogen-bond donors (Lipinski definition) is 1. The number of aryl methyl sites for hydroxylation is 1. The highest BCUT2D eigenvalue weighted by Crippen LogP contribution is 2.26. The lowest BCUT2D eigenvalue weighted by Gasteiger charge is -2.31. The Morgan fingerprint density at radius 3 is 2.11 bits per heavy atom. The number of carbonyl (C=O) groups excluding carboxylic acids is 2. The summed E-state index contributed by atoms with van der Waals surface area (Å²) in [7, 11) is -2.72. The zero-order chi connectivity index (χ0) is 26.5. The Kier molecular flexibility index (Phi) is 8.70. The number of nitrogens with one attached hydrogen (secondary N) is 1. The van der Waals surface area contributed by atoms with Gasteiger partial charge in [0.15, 0.2) is 0 Å². The number of anilines is 1. The molecule has 1 N–H and O–H groups in total. The van der Waals surface area contributed by atoms with Gasteiger partial charge in [-0.25, -0.2) is 12.8 Å². The van der Waals surface area contributed by atoms with Crippen LogP contribution in [0.5, 0.6) is 0 Å². The summed E-state index contributed by atoms with van der Waals surface area (Å²) in [6.45, 7) is 2.83. The van der Waals surface area contributed by atoms with Gasteiger partial charge in [-0.1, -0.05) is 41.4 Å². The fourth-order valence-electron chi connectivity index (χ4n) is 3.55. The summed E-state index contributed by atoms with van der Waals surface area (Å²) < 4.78 is 41.7. The number of likely N-dealkylation sites (N-methyl/N-ethyl adjacent to an activating group) is 1. The highest BCUT2D eigenvalue weighted by atomic mass is 35.5. The standard InChI is InChI=1S/C26H27ClFN3O4S/c1-18-4-12-23(13-5-18)31(36(34,35)24-14-8-21(27)9-15-24)17-25(32)30(19(2)26(33)29-3)16-20-6-10-22(28)11-7-20/h4-15,19H,16-17H2,1-3H3,(H,29,33)/t19-/m1/s1. The minimum absolute atomic E-state index is 0.0174. The van der Waals surface area contributed by atoms with Gasteiger partial charge in [0.2, 0.25) is 11.8 Å². The molecule has 0 radical (unpaired) electrons. The van der Waals surface area contributed by atoms with E-state index in [0.29, 0.717) is 16.3 Å². The molecule has 36 heavy (non-hydrogen) atoms. The van der Waals surface area contributed by atoms with Crippen molar-refractivity contribution in [3.8, 4) is 0 Å². The molecule has 0 aliphatic carbocycles. The van der Waals surface area contributed by atoms with E-state index in [2.05, 4.69) is 5.32 Å². The van der Waals surface area contributed by atoms with E-state index >= 15 is 0 Å². The molecular weight excluding hydrogens is 505 g/mol. The van der Waals surface area contributed by atoms with Gasteiger partial charge in [0, 0.05) is 18.6 Å². The second kappa shape index (κ2) is 11.5. The molecule has 190 valence electrons. The van der Waals surface area contributed by atoms with Gasteiger partial charge in [0.25, 0.3) is 10.0 Å². The second-order valence-electron chi connectivity index (χ2n) is 8.24. The molecule has 3 aromatic rings. The lowest BCUT2D eigenvalue weighted by atomic mass is 10.1. The van der Waals surface area contributed by atoms with Crippen molar-refractivity contribution in [3.63, 3.8) is 0 Å². The lowest BCUT2D eigenvalue weighted by molar-refractivity contribution is -0.139. The molecule has 3 rings (SSSR count). The predicted molar refractivity (Wildman–Crippen MR) is 138 cm³/mol. The highest BCUT2D eigenvalue weighted by Gasteiger charge is 2.32. The summed E-state index contributed by atoms with van der Waals surface area (Å²) in [6, 6.07) is 17.0. The van der Waals surface area contributed by atoms with Crippen molar-refractivity contribution in [1.29, 1.82) is 0 Å². The molecule has 0 bridgehead atoms. The molecule has 1 atom stereocenters. The van der Waals surface area contributed by atoms with Crippen LogP contribution >= 0.6 is 11.6 Å². The second-order valence-corrected chi connectivity index (χ2v) is 10.5. The van der Waals surface area contributed by atoms with E-state index in [-0.39, 0.29) is 11.4 Å². The van der Waals surface area contributed by atoms with Crippen molar-refractivity contribution in [2.45, 2.75) is 31.3 Å². The van der Waals surface area contributed by atoms with Crippen LogP contribution in [0.3, 0.4) is 0 Å². The largest absolute Gasteiger partial charge is 0.357 e. The Labute approximate surface area is 215 Å². The fraction of sp³-hybridized carbons (Fsp3) is 0.231. The van der Waals surface area contributed by atoms with Crippen molar-refractivity contribution >= 4 is 39.1 Å². The minimum Gasteiger partial charge on any atom is -0.357 e. The maximum Gasteiger partial charge on any atom is 0.264 e. The molecule has 0 unspecified atom stereocenters. The summed E-state index contributed by atoms with van der Waals surface area (Å²) in [5.41, 5.74) is 1.79. The number of halogens is 2. The van der Waals surface area contributed by atoms with Crippen molar-refractivity contribution in [2.24, 2.45) is 0 Å². The first kappa shape index (κ1) is 27.2. The summed E-state index contributed by atoms with van der Waals surface area (Å²) in [5.74, 6) is -1.46. The van der Waals surface area contributed by atoms with Crippen LogP contribution in [0, 0.1) is 12.7 Å². The van der Waals surface area contributed by atoms with E-state index < -0.39 is 40.2 Å². The summed E-state index contributed by atoms with van der Waals surface area (Å²) in [5, 5.41) is 2.88. The van der Waals surface area contributed by atoms with Crippen molar-refractivity contribution in [2.75, 3.05) is 17.9 Å². The molecule has 10 heteroatoms. The first-order valence-corrected chi connectivity index (χ1v) is 12.9. The fourth-order valence-corrected chi connectivity index (χ4v) is 5.09. The third kappa shape index (κ3) is 6.41. The number of hydrogen-bond acceptors (Lipinski definition) is 4. The van der Waals surface area contributed by atoms with Gasteiger partial charge in [-0.15, -0.1) is 0 Å². The van der Waals surface area contributed by atoms with Crippen molar-refractivity contribution < 1.29 is 22.4 Å². The van der Waals surface area contributed by atoms with Gasteiger partial charge in [0.1, 0.15) is 18.4 Å². The maximum absolute atomic E-state index is 13.6. The number of sulfonamides is 1. The van der Waals surface area contributed by atoms with Gasteiger partial charge >= 0.3 is 0 Å². The number of nitrogens with zero attached hydrogens (tertiary/aromatic N) is 2. The zero-order valence-electron chi connectivity index (χ0n) is 20.1. The van der Waals surface area contributed by atoms with E-state index in [1.807, 2.05) is 6.92 Å². The van der Waals surface area contributed by atoms with E-state index in [9.17, 15) is 22.4 Å². The number of rotatable bonds is 9. The van der Waals surface area contributed by atoms with Crippen LogP contribution in [0.1, 0.15) is 18.1 Å². The van der Waals surface area contributed by atoms with Crippen LogP contribution in [0.25, 0.3) is 0 Å². The Balaban J connectivity index is 2.01. The Morgan fingerprint density at radius 1 is 0.972 bits per heavy atom. The average molecular weight is 532 g/mol. The average Bonchev–Trinajstić information content (AvgIpc) is 2.86. The normalized spacial score (nSPS) is 12.0. The number of benzene rings is 3. The summed E-state index contributed by atoms with van der Waals surface area (Å²) >= 11 is 5.94. The third-order valence-electron chi connectivity index (χ3n) is 5.68. The van der Waals surface area contributed by atoms with Gasteiger partial charge in [-0.2, -0.15) is 0 Å². The topological polar surface area (TPSA) is 86.8 Å². The first-order chi connectivity index (χ1) is 17.0. The van der Waals surface area contributed by atoms with Crippen LogP contribution in [0.15, 0.2) is 77.7 Å². The molecule has 7 nitrogen and oxygen atoms in total. The Hall–Kier alpha value is -3.43. The summed E-state index contributed by atoms with van der Waals surface area (Å²) in [4.78, 5) is 27.3. The van der Waals surface area contributed by atoms with Crippen molar-refractivity contribution in [3.05, 3.63) is 94.8 Å². The molecule has 0 aromatic heterocycles. The predicted octanol–water partition coefficient (Wildman–Crippen LogP) is 4.15. The number of carbonyl (C=O) groups is 2. The van der Waals surface area contributed by atoms with Gasteiger partial charge in [-0.05, 0) is 67.9 Å². The van der Waals surface area contributed by atoms with E-state index in [4.69, 9.17) is 11.6 Å². The molecular formula is C26H27ClFN3O4S. The van der Waals surface area contributed by atoms with Crippen molar-refractivity contribution in [1.82, 2.24) is 10.2 Å². The maximum atomic E-state index is 13.6. The molecule has 0 saturated heterocycles. The minimum atomic E-state index is -4.17. The molecule has 0 saturated carbocycles. The molecule has 0 fully saturated rings. The zero-order valence-corrected chi connectivity index (χ0v) is 21.7. The Bertz CT molecular complexity index is 1310. The molecule has 0 heterocycles. The number of amides is 2. The third-order valence-corrected chi connectivity index (χ3v) is 7.72. The van der Waals surface area contributed by atoms with Gasteiger partial charge < -0.3 is 10.2 Å². The van der Waals surface area contributed by atoms with E-state index in [1.54, 1.807) is 31.2 Å². The van der Waals surface area contributed by atoms with Crippen LogP contribution in [0.4, 0.5) is 10.1 Å². The summed E-state index contributed by atoms with van der Waals surface area (Å²) in [6.07, 6.45) is 0. The lowest BCUT2D eigenvalue weighted by Crippen LogP contribution is -2.50. The quantitative estimate of drug-likeness (QED) is 0.449. The van der Waals surface area contributed by atoms with Gasteiger partial charge in [-0.3, -0.25) is 13.9 Å². The van der Waals surface area contributed by atoms with E-state index in [1.165, 1.54) is 60.5 Å². The van der Waals surface area contributed by atoms with Crippen LogP contribution in [-0.2, 0) is 26.2 Å². The smallest absolute Gasteiger partial charge is 0.264 e. The molecule has 0 spiro atoms. The van der Waals surface area contributed by atoms with E-state index in [0.717, 1.165) is 9.87 Å². The SMILES string of the molecule is CNC(=O)[C@@H](C)N(Cc1ccc(F)cc1)C(=O)CN(c1ccc(C)cc1)S(=O)(=O)c1ccc(Cl)cc1. The highest BCUT2D eigenvalue weighted by molar-refractivity contribution is 7.92. The molecule has 0 aliphatic heterocycles. The molecule has 0 aliphatic rings. The van der Waals surface area contributed by atoms with Crippen LogP contribution in [0.2, 0.25) is 5.02 Å². The first-order valence-electron chi connectivity index (χ1n) is 11.1. The monoisotopic (exact) mass is 531 g/mol.